The predicted octanol–water partition coefficient (Wildman–Crippen LogP) is 1.53. The lowest BCUT2D eigenvalue weighted by Gasteiger charge is -2.30. The summed E-state index contributed by atoms with van der Waals surface area (Å²) >= 11 is 0. The third-order valence-electron chi connectivity index (χ3n) is 9.46. The number of carbonyl (C=O) groups is 5. The number of amides is 4. The maximum Gasteiger partial charge on any atom is 0.408 e. The first-order valence-electron chi connectivity index (χ1n) is 17.9. The van der Waals surface area contributed by atoms with Crippen molar-refractivity contribution in [2.45, 2.75) is 108 Å². The molecular formula is C36H50N8O9S. The van der Waals surface area contributed by atoms with E-state index < -0.39 is 74.3 Å². The first-order valence-corrected chi connectivity index (χ1v) is 19.4. The van der Waals surface area contributed by atoms with Gasteiger partial charge in [0.15, 0.2) is 11.6 Å². The summed E-state index contributed by atoms with van der Waals surface area (Å²) < 4.78 is 38.2. The minimum atomic E-state index is -3.93. The topological polar surface area (TPSA) is 217 Å². The molecule has 5 N–H and O–H groups in total. The van der Waals surface area contributed by atoms with Crippen LogP contribution in [0.3, 0.4) is 0 Å². The number of ether oxygens (including phenoxy) is 2. The second-order valence-corrected chi connectivity index (χ2v) is 17.2. The Balaban J connectivity index is 1.40. The molecule has 4 aliphatic rings. The van der Waals surface area contributed by atoms with E-state index in [1.807, 2.05) is 0 Å². The van der Waals surface area contributed by atoms with Crippen molar-refractivity contribution in [3.05, 3.63) is 54.1 Å². The Morgan fingerprint density at radius 1 is 1.13 bits per heavy atom. The van der Waals surface area contributed by atoms with Crippen LogP contribution >= 0.6 is 0 Å². The van der Waals surface area contributed by atoms with E-state index in [0.717, 1.165) is 11.1 Å². The average molecular weight is 771 g/mol. The fourth-order valence-electron chi connectivity index (χ4n) is 6.42. The molecular weight excluding hydrogens is 721 g/mol. The highest BCUT2D eigenvalue weighted by molar-refractivity contribution is 7.91. The quantitative estimate of drug-likeness (QED) is 0.127. The van der Waals surface area contributed by atoms with Gasteiger partial charge in [0.2, 0.25) is 21.8 Å². The molecule has 4 amide bonds. The molecule has 0 aromatic heterocycles. The van der Waals surface area contributed by atoms with Gasteiger partial charge in [-0.3, -0.25) is 29.3 Å². The summed E-state index contributed by atoms with van der Waals surface area (Å²) in [5, 5.41) is 10.6. The molecule has 2 unspecified atom stereocenters. The summed E-state index contributed by atoms with van der Waals surface area (Å²) in [6.45, 7) is 12.2. The van der Waals surface area contributed by atoms with E-state index in [0.29, 0.717) is 24.4 Å². The molecule has 18 heteroatoms. The molecule has 0 spiro atoms. The summed E-state index contributed by atoms with van der Waals surface area (Å²) in [6, 6.07) is 4.12. The van der Waals surface area contributed by atoms with Gasteiger partial charge in [0.25, 0.3) is 5.91 Å². The SMILES string of the molecule is C=C[C@H]1CC1(NC(=O)[C@@H]1C[C@@H](N2NN=C(c3ccc(OC)cc3)N2)CN1C(=O)C(CCC(=O)C=C(C)C)NC(=O)OC(C)(C)C)C(=O)NS(=O)(=O)C1CC1. The van der Waals surface area contributed by atoms with Gasteiger partial charge in [-0.2, -0.15) is 0 Å². The smallest absolute Gasteiger partial charge is 0.408 e. The minimum Gasteiger partial charge on any atom is -0.497 e. The standard InChI is InChI=1S/C36H50N8O9S/c1-8-23-19-36(23,33(48)41-54(50,51)27-14-15-27)38-31(46)29-18-24(44-40-30(39-42-44)22-9-12-26(52-7)13-10-22)20-43(29)32(47)28(16-11-25(45)17-21(2)3)37-34(49)53-35(4,5)6/h8-10,12-13,17,23-24,27-29,42H,1,11,14-16,18-20H2,2-7H3,(H,37,49)(H,38,46)(H,39,40)(H,41,48)/t23-,24+,28?,29-,36?/m0/s1. The Bertz CT molecular complexity index is 1830. The van der Waals surface area contributed by atoms with Gasteiger partial charge in [0.1, 0.15) is 29.0 Å². The molecule has 1 aromatic rings. The highest BCUT2D eigenvalue weighted by Gasteiger charge is 2.62. The van der Waals surface area contributed by atoms with Crippen LogP contribution in [0.2, 0.25) is 0 Å². The highest BCUT2D eigenvalue weighted by atomic mass is 32.2. The molecule has 1 aromatic carbocycles. The van der Waals surface area contributed by atoms with Crippen LogP contribution in [0.1, 0.15) is 78.7 Å². The monoisotopic (exact) mass is 770 g/mol. The largest absolute Gasteiger partial charge is 0.497 e. The van der Waals surface area contributed by atoms with Crippen LogP contribution in [-0.2, 0) is 33.9 Å². The Kier molecular flexibility index (Phi) is 11.8. The Morgan fingerprint density at radius 3 is 2.39 bits per heavy atom. The van der Waals surface area contributed by atoms with Crippen molar-refractivity contribution in [1.82, 2.24) is 36.3 Å². The summed E-state index contributed by atoms with van der Waals surface area (Å²) in [7, 11) is -2.37. The number of amidine groups is 1. The van der Waals surface area contributed by atoms with E-state index in [4.69, 9.17) is 9.47 Å². The van der Waals surface area contributed by atoms with Gasteiger partial charge in [-0.25, -0.2) is 18.7 Å². The highest BCUT2D eigenvalue weighted by Crippen LogP contribution is 2.45. The zero-order valence-electron chi connectivity index (χ0n) is 31.4. The number of alkyl carbamates (subject to hydrolysis) is 1. The Hall–Kier alpha value is -4.97. The van der Waals surface area contributed by atoms with Crippen molar-refractivity contribution in [1.29, 1.82) is 0 Å². The summed E-state index contributed by atoms with van der Waals surface area (Å²) in [4.78, 5) is 69.2. The summed E-state index contributed by atoms with van der Waals surface area (Å²) in [5.74, 6) is -1.92. The third kappa shape index (κ3) is 9.57. The molecule has 2 aliphatic carbocycles. The molecule has 294 valence electrons. The zero-order chi connectivity index (χ0) is 39.6. The normalized spacial score (nSPS) is 24.1. The van der Waals surface area contributed by atoms with E-state index in [1.54, 1.807) is 71.1 Å². The number of methoxy groups -OCH3 is 1. The molecule has 2 saturated carbocycles. The van der Waals surface area contributed by atoms with Gasteiger partial charge >= 0.3 is 6.09 Å². The Labute approximate surface area is 315 Å². The van der Waals surface area contributed by atoms with Crippen LogP contribution in [0.5, 0.6) is 5.75 Å². The second kappa shape index (κ2) is 15.8. The molecule has 54 heavy (non-hydrogen) atoms. The number of hydrogen-bond donors (Lipinski definition) is 5. The van der Waals surface area contributed by atoms with Crippen molar-refractivity contribution >= 4 is 45.5 Å². The number of hydrazine groups is 2. The summed E-state index contributed by atoms with van der Waals surface area (Å²) in [6.07, 6.45) is 2.89. The number of hydrazone groups is 1. The third-order valence-corrected chi connectivity index (χ3v) is 11.3. The molecule has 3 fully saturated rings. The van der Waals surface area contributed by atoms with Gasteiger partial charge in [-0.05, 0) is 97.1 Å². The van der Waals surface area contributed by atoms with Crippen LogP contribution in [0.4, 0.5) is 4.79 Å². The molecule has 17 nitrogen and oxygen atoms in total. The number of carbonyl (C=O) groups excluding carboxylic acids is 5. The van der Waals surface area contributed by atoms with E-state index in [2.05, 4.69) is 38.0 Å². The van der Waals surface area contributed by atoms with Gasteiger partial charge in [0.05, 0.1) is 18.4 Å². The van der Waals surface area contributed by atoms with Crippen molar-refractivity contribution in [2.75, 3.05) is 13.7 Å². The lowest BCUT2D eigenvalue weighted by Crippen LogP contribution is -2.58. The van der Waals surface area contributed by atoms with Crippen molar-refractivity contribution in [3.8, 4) is 5.75 Å². The maximum absolute atomic E-state index is 14.5. The number of allylic oxidation sites excluding steroid dienone is 2. The van der Waals surface area contributed by atoms with Crippen LogP contribution in [0, 0.1) is 5.92 Å². The number of hydrogen-bond acceptors (Lipinski definition) is 13. The molecule has 2 heterocycles. The number of nitrogens with zero attached hydrogens (tertiary/aromatic N) is 3. The van der Waals surface area contributed by atoms with Gasteiger partial charge in [-0.15, -0.1) is 16.8 Å². The fourth-order valence-corrected chi connectivity index (χ4v) is 7.78. The number of benzene rings is 1. The maximum atomic E-state index is 14.5. The van der Waals surface area contributed by atoms with Crippen LogP contribution in [0.25, 0.3) is 0 Å². The molecule has 5 rings (SSSR count). The first-order chi connectivity index (χ1) is 25.4. The molecule has 0 radical (unpaired) electrons. The van der Waals surface area contributed by atoms with E-state index >= 15 is 0 Å². The van der Waals surface area contributed by atoms with Crippen LogP contribution < -0.4 is 31.1 Å². The van der Waals surface area contributed by atoms with Crippen LogP contribution in [-0.4, -0.2) is 102 Å². The molecule has 0 bridgehead atoms. The number of rotatable bonds is 15. The molecule has 5 atom stereocenters. The van der Waals surface area contributed by atoms with E-state index in [-0.39, 0.29) is 38.0 Å². The first kappa shape index (κ1) is 40.2. The predicted molar refractivity (Wildman–Crippen MR) is 198 cm³/mol. The van der Waals surface area contributed by atoms with Gasteiger partial charge in [0, 0.05) is 24.4 Å². The lowest BCUT2D eigenvalue weighted by atomic mass is 10.0. The van der Waals surface area contributed by atoms with Crippen molar-refractivity contribution in [2.24, 2.45) is 11.0 Å². The van der Waals surface area contributed by atoms with E-state index in [9.17, 15) is 32.4 Å². The number of likely N-dealkylation sites (tertiary alicyclic amines) is 1. The molecule has 1 saturated heterocycles. The van der Waals surface area contributed by atoms with Gasteiger partial charge < -0.3 is 25.0 Å². The number of ketones is 1. The van der Waals surface area contributed by atoms with E-state index in [1.165, 1.54) is 17.1 Å². The number of sulfonamides is 1. The van der Waals surface area contributed by atoms with Crippen molar-refractivity contribution < 1.29 is 41.9 Å². The van der Waals surface area contributed by atoms with Gasteiger partial charge in [-0.1, -0.05) is 11.6 Å². The molecule has 2 aliphatic heterocycles. The van der Waals surface area contributed by atoms with Crippen LogP contribution in [0.15, 0.2) is 53.7 Å². The minimum absolute atomic E-state index is 0.0374. The lowest BCUT2D eigenvalue weighted by molar-refractivity contribution is -0.141. The average Bonchev–Trinajstić information content (AvgIpc) is 3.97. The van der Waals surface area contributed by atoms with Crippen molar-refractivity contribution in [3.63, 3.8) is 0 Å². The Morgan fingerprint density at radius 2 is 1.81 bits per heavy atom. The summed E-state index contributed by atoms with van der Waals surface area (Å²) in [5.41, 5.74) is 5.08. The zero-order valence-corrected chi connectivity index (χ0v) is 32.2. The fraction of sp³-hybridized carbons (Fsp3) is 0.556. The number of nitrogens with one attached hydrogen (secondary N) is 5. The second-order valence-electron chi connectivity index (χ2n) is 15.3.